The van der Waals surface area contributed by atoms with Gasteiger partial charge in [-0.15, -0.1) is 0 Å². The summed E-state index contributed by atoms with van der Waals surface area (Å²) in [6.45, 7) is 9.81. The molecule has 0 unspecified atom stereocenters. The summed E-state index contributed by atoms with van der Waals surface area (Å²) in [7, 11) is 0. The van der Waals surface area contributed by atoms with Crippen molar-refractivity contribution in [2.45, 2.75) is 40.0 Å². The summed E-state index contributed by atoms with van der Waals surface area (Å²) in [6, 6.07) is 0. The van der Waals surface area contributed by atoms with Gasteiger partial charge in [-0.25, -0.2) is 0 Å². The first-order valence-electron chi connectivity index (χ1n) is 5.09. The van der Waals surface area contributed by atoms with Crippen LogP contribution in [0.25, 0.3) is 0 Å². The molecule has 2 heteroatoms. The van der Waals surface area contributed by atoms with Crippen molar-refractivity contribution < 1.29 is 0 Å². The minimum Gasteiger partial charge on any atom is -0.363 e. The van der Waals surface area contributed by atoms with Crippen LogP contribution in [-0.4, -0.2) is 30.9 Å². The van der Waals surface area contributed by atoms with E-state index in [1.165, 1.54) is 12.8 Å². The van der Waals surface area contributed by atoms with E-state index >= 15 is 0 Å². The molecule has 0 spiro atoms. The summed E-state index contributed by atoms with van der Waals surface area (Å²) in [5.74, 6) is 0. The molecule has 0 aliphatic carbocycles. The van der Waals surface area contributed by atoms with Gasteiger partial charge in [-0.2, -0.15) is 0 Å². The first kappa shape index (κ1) is 11.5. The highest BCUT2D eigenvalue weighted by Gasteiger charge is 1.94. The summed E-state index contributed by atoms with van der Waals surface area (Å²) >= 11 is 0. The zero-order chi connectivity index (χ0) is 9.23. The second-order valence-corrected chi connectivity index (χ2v) is 3.06. The van der Waals surface area contributed by atoms with Gasteiger partial charge in [0, 0.05) is 19.6 Å². The van der Waals surface area contributed by atoms with E-state index in [1.807, 2.05) is 6.34 Å². The van der Waals surface area contributed by atoms with Crippen molar-refractivity contribution in [3.05, 3.63) is 0 Å². The fourth-order valence-electron chi connectivity index (χ4n) is 1.10. The van der Waals surface area contributed by atoms with Crippen molar-refractivity contribution >= 4 is 6.34 Å². The SMILES string of the molecule is CCCN=CN(CCC)CCC. The van der Waals surface area contributed by atoms with E-state index < -0.39 is 0 Å². The number of rotatable bonds is 7. The highest BCUT2D eigenvalue weighted by molar-refractivity contribution is 5.54. The lowest BCUT2D eigenvalue weighted by Crippen LogP contribution is -2.23. The van der Waals surface area contributed by atoms with E-state index in [4.69, 9.17) is 0 Å². The number of hydrogen-bond donors (Lipinski definition) is 0. The third-order valence-corrected chi connectivity index (χ3v) is 1.62. The van der Waals surface area contributed by atoms with E-state index in [1.54, 1.807) is 0 Å². The standard InChI is InChI=1S/C10H22N2/c1-4-7-11-10-12(8-5-2)9-6-3/h10H,4-9H2,1-3H3. The molecule has 0 heterocycles. The lowest BCUT2D eigenvalue weighted by molar-refractivity contribution is 0.427. The van der Waals surface area contributed by atoms with Gasteiger partial charge in [-0.05, 0) is 19.3 Å². The van der Waals surface area contributed by atoms with E-state index in [0.29, 0.717) is 0 Å². The second-order valence-electron chi connectivity index (χ2n) is 3.06. The predicted molar refractivity (Wildman–Crippen MR) is 55.8 cm³/mol. The van der Waals surface area contributed by atoms with Crippen LogP contribution >= 0.6 is 0 Å². The predicted octanol–water partition coefficient (Wildman–Crippen LogP) is 2.55. The molecule has 0 aromatic heterocycles. The van der Waals surface area contributed by atoms with Crippen molar-refractivity contribution in [1.29, 1.82) is 0 Å². The summed E-state index contributed by atoms with van der Waals surface area (Å²) in [5, 5.41) is 0. The molecule has 72 valence electrons. The fourth-order valence-corrected chi connectivity index (χ4v) is 1.10. The van der Waals surface area contributed by atoms with Crippen LogP contribution in [0, 0.1) is 0 Å². The zero-order valence-electron chi connectivity index (χ0n) is 8.71. The van der Waals surface area contributed by atoms with E-state index in [2.05, 4.69) is 30.7 Å². The fraction of sp³-hybridized carbons (Fsp3) is 0.900. The number of aliphatic imine (C=N–C) groups is 1. The third-order valence-electron chi connectivity index (χ3n) is 1.62. The third kappa shape index (κ3) is 6.20. The molecule has 0 rings (SSSR count). The molecule has 0 aromatic rings. The highest BCUT2D eigenvalue weighted by atomic mass is 15.1. The Hall–Kier alpha value is -0.530. The minimum absolute atomic E-state index is 0.962. The van der Waals surface area contributed by atoms with Crippen LogP contribution in [0.4, 0.5) is 0 Å². The molecule has 0 amide bonds. The summed E-state index contributed by atoms with van der Waals surface area (Å²) < 4.78 is 0. The monoisotopic (exact) mass is 170 g/mol. The molecule has 0 bridgehead atoms. The maximum atomic E-state index is 4.33. The van der Waals surface area contributed by atoms with E-state index in [0.717, 1.165) is 26.1 Å². The van der Waals surface area contributed by atoms with Gasteiger partial charge in [0.05, 0.1) is 6.34 Å². The maximum Gasteiger partial charge on any atom is 0.0849 e. The average Bonchev–Trinajstić information content (AvgIpc) is 2.06. The van der Waals surface area contributed by atoms with Gasteiger partial charge in [0.15, 0.2) is 0 Å². The van der Waals surface area contributed by atoms with Gasteiger partial charge in [-0.3, -0.25) is 4.99 Å². The maximum absolute atomic E-state index is 4.33. The van der Waals surface area contributed by atoms with Crippen molar-refractivity contribution in [2.24, 2.45) is 4.99 Å². The Morgan fingerprint density at radius 3 is 2.00 bits per heavy atom. The van der Waals surface area contributed by atoms with Crippen LogP contribution in [-0.2, 0) is 0 Å². The van der Waals surface area contributed by atoms with Crippen molar-refractivity contribution in [3.63, 3.8) is 0 Å². The Balaban J connectivity index is 3.60. The van der Waals surface area contributed by atoms with Gasteiger partial charge in [0.2, 0.25) is 0 Å². The van der Waals surface area contributed by atoms with Crippen molar-refractivity contribution in [1.82, 2.24) is 4.90 Å². The average molecular weight is 170 g/mol. The molecule has 0 fully saturated rings. The number of nitrogens with zero attached hydrogens (tertiary/aromatic N) is 2. The molecule has 0 aliphatic rings. The molecule has 0 atom stereocenters. The zero-order valence-corrected chi connectivity index (χ0v) is 8.71. The van der Waals surface area contributed by atoms with Crippen LogP contribution in [0.5, 0.6) is 0 Å². The topological polar surface area (TPSA) is 15.6 Å². The summed E-state index contributed by atoms with van der Waals surface area (Å²) in [6.07, 6.45) is 5.56. The van der Waals surface area contributed by atoms with Crippen molar-refractivity contribution in [2.75, 3.05) is 19.6 Å². The lowest BCUT2D eigenvalue weighted by Gasteiger charge is -2.17. The van der Waals surface area contributed by atoms with Crippen LogP contribution in [0.3, 0.4) is 0 Å². The summed E-state index contributed by atoms with van der Waals surface area (Å²) in [4.78, 5) is 6.63. The van der Waals surface area contributed by atoms with Crippen molar-refractivity contribution in [3.8, 4) is 0 Å². The van der Waals surface area contributed by atoms with Gasteiger partial charge in [0.1, 0.15) is 0 Å². The molecule has 0 saturated heterocycles. The molecule has 0 aliphatic heterocycles. The Labute approximate surface area is 76.7 Å². The van der Waals surface area contributed by atoms with Crippen LogP contribution < -0.4 is 0 Å². The minimum atomic E-state index is 0.962. The second kappa shape index (κ2) is 8.57. The summed E-state index contributed by atoms with van der Waals surface area (Å²) in [5.41, 5.74) is 0. The Morgan fingerprint density at radius 1 is 1.00 bits per heavy atom. The first-order chi connectivity index (χ1) is 5.85. The molecule has 2 nitrogen and oxygen atoms in total. The molecular weight excluding hydrogens is 148 g/mol. The van der Waals surface area contributed by atoms with Crippen LogP contribution in [0.1, 0.15) is 40.0 Å². The molecule has 0 aromatic carbocycles. The molecule has 0 radical (unpaired) electrons. The van der Waals surface area contributed by atoms with Gasteiger partial charge in [-0.1, -0.05) is 20.8 Å². The molecule has 0 N–H and O–H groups in total. The lowest BCUT2D eigenvalue weighted by atomic mass is 10.4. The van der Waals surface area contributed by atoms with Crippen LogP contribution in [0.2, 0.25) is 0 Å². The Kier molecular flexibility index (Phi) is 8.19. The Bertz CT molecular complexity index is 104. The smallest absolute Gasteiger partial charge is 0.0849 e. The van der Waals surface area contributed by atoms with Crippen LogP contribution in [0.15, 0.2) is 4.99 Å². The van der Waals surface area contributed by atoms with E-state index in [-0.39, 0.29) is 0 Å². The largest absolute Gasteiger partial charge is 0.363 e. The normalized spacial score (nSPS) is 10.9. The van der Waals surface area contributed by atoms with E-state index in [9.17, 15) is 0 Å². The van der Waals surface area contributed by atoms with Gasteiger partial charge < -0.3 is 4.90 Å². The first-order valence-corrected chi connectivity index (χ1v) is 5.09. The highest BCUT2D eigenvalue weighted by Crippen LogP contribution is 1.90. The van der Waals surface area contributed by atoms with Gasteiger partial charge >= 0.3 is 0 Å². The molecule has 0 saturated carbocycles. The van der Waals surface area contributed by atoms with Gasteiger partial charge in [0.25, 0.3) is 0 Å². The quantitative estimate of drug-likeness (QED) is 0.423. The number of hydrogen-bond acceptors (Lipinski definition) is 1. The Morgan fingerprint density at radius 2 is 1.58 bits per heavy atom. The molecular formula is C10H22N2. The molecule has 12 heavy (non-hydrogen) atoms.